The molecule has 0 aromatic heterocycles. The molecule has 0 atom stereocenters. The van der Waals surface area contributed by atoms with Gasteiger partial charge in [0.15, 0.2) is 0 Å². The second-order valence-electron chi connectivity index (χ2n) is 18.5. The van der Waals surface area contributed by atoms with Crippen molar-refractivity contribution in [2.75, 3.05) is 0 Å². The van der Waals surface area contributed by atoms with Gasteiger partial charge >= 0.3 is 34.1 Å². The molecule has 4 fully saturated rings. The third-order valence-electron chi connectivity index (χ3n) is 5.99. The Bertz CT molecular complexity index is 571. The van der Waals surface area contributed by atoms with E-state index in [0.717, 1.165) is 17.8 Å². The minimum absolute atomic E-state index is 0. The van der Waals surface area contributed by atoms with Gasteiger partial charge in [-0.2, -0.15) is 4.75 Å². The molecule has 4 rings (SSSR count). The largest absolute Gasteiger partial charge is 2.00 e. The molecule has 0 saturated heterocycles. The van der Waals surface area contributed by atoms with Crippen LogP contribution in [-0.2, 0) is 46.8 Å². The first-order valence-electron chi connectivity index (χ1n) is 15.3. The SMILES string of the molecule is C[Si](C)(C)[N-][Si](C)(C)C.C[Si](C)(C)[N-][Si](C)(C)C.C[Si](C)(C)[N-][Si](C)(C)C.[Fe+2].[Fe+2].[S-]C12CC3CC(CC(C3)C1)C2. The van der Waals surface area contributed by atoms with E-state index in [2.05, 4.69) is 118 Å². The minimum atomic E-state index is -1.11. The van der Waals surface area contributed by atoms with E-state index >= 15 is 0 Å². The van der Waals surface area contributed by atoms with Crippen LogP contribution in [0.5, 0.6) is 0 Å². The molecule has 3 nitrogen and oxygen atoms in total. The van der Waals surface area contributed by atoms with E-state index in [-0.39, 0.29) is 34.1 Å². The zero-order valence-electron chi connectivity index (χ0n) is 29.9. The van der Waals surface area contributed by atoms with Crippen molar-refractivity contribution in [2.45, 2.75) is 161 Å². The van der Waals surface area contributed by atoms with Gasteiger partial charge in [0.05, 0.1) is 0 Å². The second kappa shape index (κ2) is 17.5. The molecule has 12 heteroatoms. The van der Waals surface area contributed by atoms with Gasteiger partial charge in [0.2, 0.25) is 0 Å². The summed E-state index contributed by atoms with van der Waals surface area (Å²) in [5, 5.41) is 0. The van der Waals surface area contributed by atoms with Crippen LogP contribution in [-0.4, -0.2) is 54.2 Å². The maximum Gasteiger partial charge on any atom is 2.00 e. The van der Waals surface area contributed by atoms with E-state index in [0.29, 0.717) is 4.75 Å². The average molecular weight is 760 g/mol. The zero-order valence-corrected chi connectivity index (χ0v) is 39.0. The summed E-state index contributed by atoms with van der Waals surface area (Å²) in [6.07, 6.45) is 8.72. The van der Waals surface area contributed by atoms with Gasteiger partial charge in [-0.3, -0.25) is 0 Å². The normalized spacial score (nSPS) is 26.0. The number of rotatable bonds is 6. The van der Waals surface area contributed by atoms with Crippen molar-refractivity contribution in [3.8, 4) is 0 Å². The fraction of sp³-hybridized carbons (Fsp3) is 1.00. The van der Waals surface area contributed by atoms with Gasteiger partial charge < -0.3 is 26.6 Å². The van der Waals surface area contributed by atoms with E-state index in [1.165, 1.54) is 38.5 Å². The molecular weight excluding hydrogens is 691 g/mol. The number of hydrogen-bond acceptors (Lipinski definition) is 1. The predicted molar refractivity (Wildman–Crippen MR) is 198 cm³/mol. The van der Waals surface area contributed by atoms with Crippen LogP contribution in [0, 0.1) is 17.8 Å². The second-order valence-corrected chi connectivity index (χ2v) is 48.1. The molecule has 4 bridgehead atoms. The summed E-state index contributed by atoms with van der Waals surface area (Å²) in [5.41, 5.74) is 0. The van der Waals surface area contributed by atoms with Crippen molar-refractivity contribution in [3.05, 3.63) is 13.9 Å². The Kier molecular flexibility index (Phi) is 20.5. The Morgan fingerprint density at radius 1 is 0.400 bits per heavy atom. The van der Waals surface area contributed by atoms with Gasteiger partial charge in [-0.05, 0) is 37.0 Å². The van der Waals surface area contributed by atoms with Gasteiger partial charge in [-0.15, -0.1) is 0 Å². The summed E-state index contributed by atoms with van der Waals surface area (Å²) in [4.78, 5) is 0. The van der Waals surface area contributed by atoms with E-state index in [9.17, 15) is 0 Å². The molecule has 0 heterocycles. The summed E-state index contributed by atoms with van der Waals surface area (Å²) in [5.74, 6) is 3.12. The van der Waals surface area contributed by atoms with E-state index in [1.54, 1.807) is 0 Å². The molecule has 0 unspecified atom stereocenters. The quantitative estimate of drug-likeness (QED) is 0.196. The Balaban J connectivity index is -0.000000452. The Morgan fingerprint density at radius 2 is 0.550 bits per heavy atom. The van der Waals surface area contributed by atoms with Gasteiger partial charge in [-0.1, -0.05) is 187 Å². The van der Waals surface area contributed by atoms with Crippen molar-refractivity contribution in [2.24, 2.45) is 17.8 Å². The van der Waals surface area contributed by atoms with Crippen LogP contribution in [0.2, 0.25) is 118 Å². The van der Waals surface area contributed by atoms with Crippen LogP contribution in [0.4, 0.5) is 0 Å². The van der Waals surface area contributed by atoms with Gasteiger partial charge in [0, 0.05) is 0 Å². The van der Waals surface area contributed by atoms with E-state index < -0.39 is 49.4 Å². The Labute approximate surface area is 286 Å². The number of hydrogen-bond donors (Lipinski definition) is 0. The van der Waals surface area contributed by atoms with Gasteiger partial charge in [0.25, 0.3) is 0 Å². The molecule has 4 saturated carbocycles. The molecule has 0 aromatic rings. The van der Waals surface area contributed by atoms with Crippen LogP contribution < -0.4 is 0 Å². The van der Waals surface area contributed by atoms with Crippen molar-refractivity contribution >= 4 is 62.0 Å². The summed E-state index contributed by atoms with van der Waals surface area (Å²) in [7, 11) is -6.64. The van der Waals surface area contributed by atoms with Gasteiger partial charge in [0.1, 0.15) is 0 Å². The summed E-state index contributed by atoms with van der Waals surface area (Å²) < 4.78 is 14.8. The number of nitrogens with zero attached hydrogens (tertiary/aromatic N) is 3. The van der Waals surface area contributed by atoms with Crippen LogP contribution >= 0.6 is 0 Å². The smallest absolute Gasteiger partial charge is 0.786 e. The van der Waals surface area contributed by atoms with Crippen LogP contribution in [0.15, 0.2) is 0 Å². The topological polar surface area (TPSA) is 42.3 Å². The van der Waals surface area contributed by atoms with E-state index in [4.69, 9.17) is 26.6 Å². The molecule has 0 amide bonds. The molecule has 4 aliphatic rings. The van der Waals surface area contributed by atoms with Crippen LogP contribution in [0.3, 0.4) is 0 Å². The van der Waals surface area contributed by atoms with Gasteiger partial charge in [-0.25, -0.2) is 0 Å². The first kappa shape index (κ1) is 47.0. The van der Waals surface area contributed by atoms with Crippen molar-refractivity contribution in [1.82, 2.24) is 0 Å². The third-order valence-corrected chi connectivity index (χ3v) is 22.6. The Morgan fingerprint density at radius 3 is 0.625 bits per heavy atom. The molecule has 4 aliphatic carbocycles. The average Bonchev–Trinajstić information content (AvgIpc) is 2.42. The van der Waals surface area contributed by atoms with Crippen LogP contribution in [0.25, 0.3) is 13.9 Å². The zero-order chi connectivity index (χ0) is 30.6. The molecule has 40 heavy (non-hydrogen) atoms. The summed E-state index contributed by atoms with van der Waals surface area (Å²) in [6.45, 7) is 41.3. The maximum absolute atomic E-state index is 5.69. The summed E-state index contributed by atoms with van der Waals surface area (Å²) >= 11 is 5.69. The first-order chi connectivity index (χ1) is 16.4. The van der Waals surface area contributed by atoms with E-state index in [1.807, 2.05) is 0 Å². The third kappa shape index (κ3) is 28.1. The van der Waals surface area contributed by atoms with Crippen molar-refractivity contribution in [3.63, 3.8) is 0 Å². The molecule has 0 aliphatic heterocycles. The van der Waals surface area contributed by atoms with Crippen LogP contribution in [0.1, 0.15) is 38.5 Å². The molecule has 0 radical (unpaired) electrons. The minimum Gasteiger partial charge on any atom is -0.786 e. The molecule has 0 spiro atoms. The van der Waals surface area contributed by atoms with Crippen molar-refractivity contribution in [1.29, 1.82) is 0 Å². The standard InChI is InChI=1S/C10H16S.3C6H18NSi2.2Fe/c11-10-4-7-1-8(5-10)3-9(2-7)6-10;3*1-8(2,3)7-9(4,5)6;;/h7-9,11H,1-6H2;3*1-6H3;;/q;3*-1;2*+2/p-1. The maximum atomic E-state index is 5.69. The fourth-order valence-corrected chi connectivity index (χ4v) is 31.9. The molecule has 0 N–H and O–H groups in total. The fourth-order valence-electron chi connectivity index (χ4n) is 7.05. The molecule has 0 aromatic carbocycles. The molecule has 242 valence electrons. The Hall–Kier alpha value is 2.57. The summed E-state index contributed by atoms with van der Waals surface area (Å²) in [6, 6.07) is 0. The predicted octanol–water partition coefficient (Wildman–Crippen LogP) is 11.6. The monoisotopic (exact) mass is 759 g/mol. The van der Waals surface area contributed by atoms with Crippen molar-refractivity contribution < 1.29 is 34.1 Å². The first-order valence-corrected chi connectivity index (χ1v) is 36.4. The molecular formula is C28H69Fe2N3SSi6.